The van der Waals surface area contributed by atoms with Gasteiger partial charge in [-0.2, -0.15) is 0 Å². The fourth-order valence-electron chi connectivity index (χ4n) is 5.36. The van der Waals surface area contributed by atoms with Gasteiger partial charge in [0.1, 0.15) is 0 Å². The molecule has 0 bridgehead atoms. The van der Waals surface area contributed by atoms with E-state index in [2.05, 4.69) is 10.2 Å². The Morgan fingerprint density at radius 3 is 2.33 bits per heavy atom. The number of ether oxygens (including phenoxy) is 2. The summed E-state index contributed by atoms with van der Waals surface area (Å²) in [5.74, 6) is -0.984. The minimum absolute atomic E-state index is 0.00169. The highest BCUT2D eigenvalue weighted by molar-refractivity contribution is 5.90. The number of benzene rings is 2. The third-order valence-corrected chi connectivity index (χ3v) is 7.51. The van der Waals surface area contributed by atoms with Gasteiger partial charge in [-0.3, -0.25) is 9.59 Å². The van der Waals surface area contributed by atoms with Crippen LogP contribution in [0.15, 0.2) is 48.5 Å². The highest BCUT2D eigenvalue weighted by atomic mass is 16.7. The molecule has 2 aliphatic rings. The first kappa shape index (κ1) is 29.2. The van der Waals surface area contributed by atoms with Crippen molar-refractivity contribution in [1.29, 1.82) is 0 Å². The van der Waals surface area contributed by atoms with E-state index in [1.54, 1.807) is 0 Å². The standard InChI is InChI=1S/C31H42N2O6/c34-22-23-13-15-24(16-14-23)28-20-27(21-33-17-6-2-1-3-7-18-33)38-31(39-28)25-9-8-10-26(19-25)32-29(35)11-4-5-12-30(36)37/h8-10,13-16,19,27-28,31,34H,1-7,11-12,17-18,20-22H2,(H,32,35)(H,36,37)/t27-,28+,31+/m1/s1. The Hall–Kier alpha value is -2.78. The second-order valence-electron chi connectivity index (χ2n) is 10.7. The normalized spacial score (nSPS) is 22.5. The van der Waals surface area contributed by atoms with Gasteiger partial charge in [0.05, 0.1) is 18.8 Å². The number of aliphatic hydroxyl groups excluding tert-OH is 1. The first-order valence-electron chi connectivity index (χ1n) is 14.3. The SMILES string of the molecule is O=C(O)CCCCC(=O)Nc1cccc([C@H]2O[C@@H](CN3CCCCCCC3)C[C@@H](c3ccc(CO)cc3)O2)c1. The van der Waals surface area contributed by atoms with Gasteiger partial charge >= 0.3 is 5.97 Å². The van der Waals surface area contributed by atoms with Crippen LogP contribution in [0.3, 0.4) is 0 Å². The van der Waals surface area contributed by atoms with E-state index in [0.717, 1.165) is 42.7 Å². The van der Waals surface area contributed by atoms with Crippen molar-refractivity contribution >= 4 is 17.6 Å². The first-order valence-corrected chi connectivity index (χ1v) is 14.3. The average molecular weight is 539 g/mol. The monoisotopic (exact) mass is 538 g/mol. The van der Waals surface area contributed by atoms with Crippen molar-refractivity contribution in [3.8, 4) is 0 Å². The molecular weight excluding hydrogens is 496 g/mol. The lowest BCUT2D eigenvalue weighted by Crippen LogP contribution is -2.40. The number of carboxylic acids is 1. The molecule has 0 radical (unpaired) electrons. The fraction of sp³-hybridized carbons (Fsp3) is 0.548. The number of carbonyl (C=O) groups excluding carboxylic acids is 1. The summed E-state index contributed by atoms with van der Waals surface area (Å²) in [7, 11) is 0. The van der Waals surface area contributed by atoms with E-state index in [1.165, 1.54) is 32.1 Å². The van der Waals surface area contributed by atoms with Crippen LogP contribution >= 0.6 is 0 Å². The number of likely N-dealkylation sites (tertiary alicyclic amines) is 1. The van der Waals surface area contributed by atoms with E-state index >= 15 is 0 Å². The minimum atomic E-state index is -0.845. The number of aliphatic carboxylic acids is 1. The van der Waals surface area contributed by atoms with Gasteiger partial charge in [-0.05, 0) is 62.0 Å². The molecule has 2 fully saturated rings. The number of amides is 1. The Bertz CT molecular complexity index is 1050. The molecule has 2 aromatic carbocycles. The first-order chi connectivity index (χ1) is 19.0. The van der Waals surface area contributed by atoms with Crippen LogP contribution in [0.5, 0.6) is 0 Å². The van der Waals surface area contributed by atoms with Crippen molar-refractivity contribution in [3.63, 3.8) is 0 Å². The topological polar surface area (TPSA) is 108 Å². The fourth-order valence-corrected chi connectivity index (χ4v) is 5.36. The van der Waals surface area contributed by atoms with Crippen LogP contribution in [0.4, 0.5) is 5.69 Å². The lowest BCUT2D eigenvalue weighted by atomic mass is 9.99. The maximum Gasteiger partial charge on any atom is 0.303 e. The number of anilines is 1. The van der Waals surface area contributed by atoms with Gasteiger partial charge < -0.3 is 29.9 Å². The Kier molecular flexibility index (Phi) is 11.3. The molecule has 3 N–H and O–H groups in total. The van der Waals surface area contributed by atoms with Crippen molar-refractivity contribution in [2.24, 2.45) is 0 Å². The molecule has 8 nitrogen and oxygen atoms in total. The molecule has 3 atom stereocenters. The van der Waals surface area contributed by atoms with Gasteiger partial charge in [0, 0.05) is 37.1 Å². The molecular formula is C31H42N2O6. The second-order valence-corrected chi connectivity index (χ2v) is 10.7. The summed E-state index contributed by atoms with van der Waals surface area (Å²) in [5, 5.41) is 21.2. The van der Waals surface area contributed by atoms with Crippen molar-refractivity contribution in [2.45, 2.75) is 89.3 Å². The number of rotatable bonds is 11. The second kappa shape index (κ2) is 15.1. The lowest BCUT2D eigenvalue weighted by Gasteiger charge is -2.39. The molecule has 2 aliphatic heterocycles. The van der Waals surface area contributed by atoms with E-state index < -0.39 is 12.3 Å². The molecule has 2 saturated heterocycles. The average Bonchev–Trinajstić information content (AvgIpc) is 2.92. The molecule has 0 aromatic heterocycles. The molecule has 39 heavy (non-hydrogen) atoms. The van der Waals surface area contributed by atoms with Gasteiger partial charge in [-0.25, -0.2) is 0 Å². The van der Waals surface area contributed by atoms with Gasteiger partial charge in [0.2, 0.25) is 5.91 Å². The van der Waals surface area contributed by atoms with E-state index in [9.17, 15) is 14.7 Å². The molecule has 4 rings (SSSR count). The number of hydrogen-bond donors (Lipinski definition) is 3. The Morgan fingerprint density at radius 2 is 1.62 bits per heavy atom. The van der Waals surface area contributed by atoms with Crippen LogP contribution in [-0.4, -0.2) is 52.7 Å². The molecule has 0 saturated carbocycles. The van der Waals surface area contributed by atoms with Gasteiger partial charge in [-0.1, -0.05) is 55.7 Å². The third-order valence-electron chi connectivity index (χ3n) is 7.51. The Morgan fingerprint density at radius 1 is 0.897 bits per heavy atom. The quantitative estimate of drug-likeness (QED) is 0.321. The summed E-state index contributed by atoms with van der Waals surface area (Å²) in [6, 6.07) is 15.5. The summed E-state index contributed by atoms with van der Waals surface area (Å²) in [6.45, 7) is 3.05. The van der Waals surface area contributed by atoms with Crippen LogP contribution in [0.2, 0.25) is 0 Å². The van der Waals surface area contributed by atoms with Crippen molar-refractivity contribution in [3.05, 3.63) is 65.2 Å². The van der Waals surface area contributed by atoms with Crippen molar-refractivity contribution in [2.75, 3.05) is 25.0 Å². The molecule has 0 aliphatic carbocycles. The Balaban J connectivity index is 1.45. The summed E-state index contributed by atoms with van der Waals surface area (Å²) in [5.41, 5.74) is 3.43. The number of unbranched alkanes of at least 4 members (excludes halogenated alkanes) is 1. The smallest absolute Gasteiger partial charge is 0.303 e. The largest absolute Gasteiger partial charge is 0.481 e. The van der Waals surface area contributed by atoms with Gasteiger partial charge in [-0.15, -0.1) is 0 Å². The zero-order chi connectivity index (χ0) is 27.5. The number of nitrogens with one attached hydrogen (secondary N) is 1. The van der Waals surface area contributed by atoms with Gasteiger partial charge in [0.15, 0.2) is 6.29 Å². The summed E-state index contributed by atoms with van der Waals surface area (Å²) >= 11 is 0. The minimum Gasteiger partial charge on any atom is -0.481 e. The van der Waals surface area contributed by atoms with E-state index in [-0.39, 0.29) is 37.6 Å². The van der Waals surface area contributed by atoms with Gasteiger partial charge in [0.25, 0.3) is 0 Å². The van der Waals surface area contributed by atoms with E-state index in [1.807, 2.05) is 48.5 Å². The zero-order valence-corrected chi connectivity index (χ0v) is 22.7. The van der Waals surface area contributed by atoms with Crippen molar-refractivity contribution < 1.29 is 29.3 Å². The molecule has 1 amide bonds. The van der Waals surface area contributed by atoms with Crippen LogP contribution in [0, 0.1) is 0 Å². The van der Waals surface area contributed by atoms with Crippen LogP contribution in [0.1, 0.15) is 93.3 Å². The third kappa shape index (κ3) is 9.42. The molecule has 2 aromatic rings. The number of hydrogen-bond acceptors (Lipinski definition) is 6. The molecule has 0 spiro atoms. The van der Waals surface area contributed by atoms with Crippen molar-refractivity contribution in [1.82, 2.24) is 4.90 Å². The summed E-state index contributed by atoms with van der Waals surface area (Å²) in [6.07, 6.45) is 7.70. The maximum absolute atomic E-state index is 12.4. The number of carboxylic acid groups (broad SMARTS) is 1. The summed E-state index contributed by atoms with van der Waals surface area (Å²) < 4.78 is 13.0. The van der Waals surface area contributed by atoms with Crippen LogP contribution in [0.25, 0.3) is 0 Å². The molecule has 0 unspecified atom stereocenters. The van der Waals surface area contributed by atoms with E-state index in [0.29, 0.717) is 18.5 Å². The zero-order valence-electron chi connectivity index (χ0n) is 22.7. The van der Waals surface area contributed by atoms with Crippen LogP contribution in [-0.2, 0) is 25.7 Å². The maximum atomic E-state index is 12.4. The summed E-state index contributed by atoms with van der Waals surface area (Å²) in [4.78, 5) is 25.6. The lowest BCUT2D eigenvalue weighted by molar-refractivity contribution is -0.253. The van der Waals surface area contributed by atoms with E-state index in [4.69, 9.17) is 14.6 Å². The highest BCUT2D eigenvalue weighted by Gasteiger charge is 2.33. The molecule has 8 heteroatoms. The molecule has 212 valence electrons. The number of nitrogens with zero attached hydrogens (tertiary/aromatic N) is 1. The Labute approximate surface area is 231 Å². The predicted octanol–water partition coefficient (Wildman–Crippen LogP) is 5.57. The number of carbonyl (C=O) groups is 2. The predicted molar refractivity (Wildman–Crippen MR) is 149 cm³/mol. The van der Waals surface area contributed by atoms with Crippen LogP contribution < -0.4 is 5.32 Å². The molecule has 2 heterocycles. The highest BCUT2D eigenvalue weighted by Crippen LogP contribution is 2.38. The number of aliphatic hydroxyl groups is 1.